The van der Waals surface area contributed by atoms with Crippen molar-refractivity contribution >= 4 is 22.6 Å². The lowest BCUT2D eigenvalue weighted by Gasteiger charge is -2.03. The highest BCUT2D eigenvalue weighted by Crippen LogP contribution is 2.47. The lowest BCUT2D eigenvalue weighted by atomic mass is 10.1. The summed E-state index contributed by atoms with van der Waals surface area (Å²) in [5, 5.41) is 24.2. The van der Waals surface area contributed by atoms with Crippen molar-refractivity contribution in [2.45, 2.75) is 19.3 Å². The third-order valence-corrected chi connectivity index (χ3v) is 4.51. The van der Waals surface area contributed by atoms with Gasteiger partial charge in [0.2, 0.25) is 5.91 Å². The number of aryl methyl sites for hydroxylation is 2. The van der Waals surface area contributed by atoms with E-state index in [4.69, 9.17) is 5.26 Å². The van der Waals surface area contributed by atoms with E-state index in [1.165, 1.54) is 0 Å². The summed E-state index contributed by atoms with van der Waals surface area (Å²) in [5.41, 5.74) is 3.16. The smallest absolute Gasteiger partial charge is 0.229 e. The third-order valence-electron chi connectivity index (χ3n) is 4.51. The Hall–Kier alpha value is -3.14. The molecule has 2 atom stereocenters. The third kappa shape index (κ3) is 2.33. The van der Waals surface area contributed by atoms with Crippen molar-refractivity contribution in [3.05, 3.63) is 41.2 Å². The Balaban J connectivity index is 1.54. The lowest BCUT2D eigenvalue weighted by Crippen LogP contribution is -2.15. The van der Waals surface area contributed by atoms with E-state index in [1.807, 2.05) is 32.3 Å². The largest absolute Gasteiger partial charge is 0.308 e. The average molecular weight is 320 g/mol. The molecule has 0 spiro atoms. The predicted molar refractivity (Wildman–Crippen MR) is 88.2 cm³/mol. The maximum Gasteiger partial charge on any atom is 0.229 e. The van der Waals surface area contributed by atoms with Gasteiger partial charge in [-0.3, -0.25) is 14.6 Å². The summed E-state index contributed by atoms with van der Waals surface area (Å²) in [4.78, 5) is 12.5. The molecule has 3 aromatic rings. The van der Waals surface area contributed by atoms with Crippen molar-refractivity contribution < 1.29 is 4.79 Å². The number of benzene rings is 1. The van der Waals surface area contributed by atoms with Crippen LogP contribution in [0.3, 0.4) is 0 Å². The van der Waals surface area contributed by atoms with Crippen LogP contribution in [0.25, 0.3) is 10.9 Å². The first-order valence-corrected chi connectivity index (χ1v) is 7.76. The van der Waals surface area contributed by atoms with Crippen molar-refractivity contribution in [3.63, 3.8) is 0 Å². The minimum Gasteiger partial charge on any atom is -0.308 e. The zero-order chi connectivity index (χ0) is 16.8. The first-order chi connectivity index (χ1) is 11.6. The van der Waals surface area contributed by atoms with Crippen LogP contribution in [0, 0.1) is 24.2 Å². The van der Waals surface area contributed by atoms with E-state index < -0.39 is 0 Å². The minimum atomic E-state index is -0.0638. The Morgan fingerprint density at radius 3 is 3.04 bits per heavy atom. The number of aromatic amines is 1. The summed E-state index contributed by atoms with van der Waals surface area (Å²) in [6.45, 7) is 1.87. The number of nitrogens with one attached hydrogen (secondary N) is 2. The maximum absolute atomic E-state index is 12.5. The molecular weight excluding hydrogens is 304 g/mol. The standard InChI is InChI=1S/C17H16N6O/c1-9-5-13-15(6-10(9)8-18)20-21-16(13)19-17(24)12-7-11(12)14-3-4-23(2)22-14/h3-6,11-12H,7H2,1-2H3,(H2,19,20,21,24)/t11-,12-/m1/s1. The number of anilines is 1. The fraction of sp³-hybridized carbons (Fsp3) is 0.294. The second-order valence-electron chi connectivity index (χ2n) is 6.25. The van der Waals surface area contributed by atoms with Crippen LogP contribution in [0.5, 0.6) is 0 Å². The van der Waals surface area contributed by atoms with Gasteiger partial charge < -0.3 is 5.32 Å². The number of rotatable bonds is 3. The van der Waals surface area contributed by atoms with Gasteiger partial charge >= 0.3 is 0 Å². The average Bonchev–Trinajstić information content (AvgIpc) is 3.12. The molecule has 2 aromatic heterocycles. The fourth-order valence-corrected chi connectivity index (χ4v) is 3.04. The van der Waals surface area contributed by atoms with Crippen LogP contribution in [0.15, 0.2) is 24.4 Å². The Morgan fingerprint density at radius 1 is 1.50 bits per heavy atom. The van der Waals surface area contributed by atoms with Crippen molar-refractivity contribution in [2.24, 2.45) is 13.0 Å². The predicted octanol–water partition coefficient (Wildman–Crippen LogP) is 2.22. The number of carbonyl (C=O) groups is 1. The number of carbonyl (C=O) groups excluding carboxylic acids is 1. The molecule has 1 aliphatic carbocycles. The van der Waals surface area contributed by atoms with Crippen molar-refractivity contribution in [2.75, 3.05) is 5.32 Å². The molecule has 1 aromatic carbocycles. The van der Waals surface area contributed by atoms with Crippen LogP contribution in [-0.2, 0) is 11.8 Å². The summed E-state index contributed by atoms with van der Waals surface area (Å²) in [5.74, 6) is 0.588. The first-order valence-electron chi connectivity index (χ1n) is 7.76. The van der Waals surface area contributed by atoms with E-state index in [2.05, 4.69) is 26.7 Å². The van der Waals surface area contributed by atoms with Crippen LogP contribution < -0.4 is 5.32 Å². The molecule has 0 aliphatic heterocycles. The van der Waals surface area contributed by atoms with Gasteiger partial charge in [-0.1, -0.05) is 0 Å². The van der Waals surface area contributed by atoms with E-state index in [0.717, 1.165) is 28.6 Å². The highest BCUT2D eigenvalue weighted by atomic mass is 16.2. The second-order valence-corrected chi connectivity index (χ2v) is 6.25. The maximum atomic E-state index is 12.5. The molecule has 0 bridgehead atoms. The van der Waals surface area contributed by atoms with E-state index in [-0.39, 0.29) is 17.7 Å². The van der Waals surface area contributed by atoms with Gasteiger partial charge in [0.05, 0.1) is 22.8 Å². The Bertz CT molecular complexity index is 992. The van der Waals surface area contributed by atoms with Gasteiger partial charge in [-0.2, -0.15) is 15.5 Å². The highest BCUT2D eigenvalue weighted by Gasteiger charge is 2.45. The Kier molecular flexibility index (Phi) is 3.13. The first kappa shape index (κ1) is 14.5. The normalized spacial score (nSPS) is 19.2. The summed E-state index contributed by atoms with van der Waals surface area (Å²) >= 11 is 0. The number of amides is 1. The van der Waals surface area contributed by atoms with Gasteiger partial charge in [0.15, 0.2) is 5.82 Å². The summed E-state index contributed by atoms with van der Waals surface area (Å²) < 4.78 is 1.75. The molecule has 0 saturated heterocycles. The molecule has 120 valence electrons. The van der Waals surface area contributed by atoms with Gasteiger partial charge in [-0.05, 0) is 37.1 Å². The Labute approximate surface area is 138 Å². The lowest BCUT2D eigenvalue weighted by molar-refractivity contribution is -0.117. The molecule has 2 heterocycles. The zero-order valence-corrected chi connectivity index (χ0v) is 13.4. The van der Waals surface area contributed by atoms with Gasteiger partial charge in [-0.15, -0.1) is 0 Å². The van der Waals surface area contributed by atoms with Crippen molar-refractivity contribution in [1.29, 1.82) is 5.26 Å². The number of nitriles is 1. The molecule has 1 amide bonds. The van der Waals surface area contributed by atoms with Crippen molar-refractivity contribution in [3.8, 4) is 6.07 Å². The second kappa shape index (κ2) is 5.20. The van der Waals surface area contributed by atoms with Crippen LogP contribution in [-0.4, -0.2) is 25.9 Å². The molecule has 1 aliphatic rings. The Morgan fingerprint density at radius 2 is 2.33 bits per heavy atom. The molecule has 1 saturated carbocycles. The molecule has 2 N–H and O–H groups in total. The highest BCUT2D eigenvalue weighted by molar-refractivity contribution is 6.02. The number of hydrogen-bond acceptors (Lipinski definition) is 4. The molecule has 24 heavy (non-hydrogen) atoms. The molecule has 7 heteroatoms. The van der Waals surface area contributed by atoms with E-state index in [1.54, 1.807) is 10.7 Å². The quantitative estimate of drug-likeness (QED) is 0.773. The summed E-state index contributed by atoms with van der Waals surface area (Å²) in [6.07, 6.45) is 2.70. The minimum absolute atomic E-state index is 0.0407. The zero-order valence-electron chi connectivity index (χ0n) is 13.4. The molecular formula is C17H16N6O. The van der Waals surface area contributed by atoms with Gasteiger partial charge in [0.1, 0.15) is 0 Å². The number of nitrogens with zero attached hydrogens (tertiary/aromatic N) is 4. The van der Waals surface area contributed by atoms with Gasteiger partial charge in [0.25, 0.3) is 0 Å². The van der Waals surface area contributed by atoms with Crippen LogP contribution >= 0.6 is 0 Å². The number of fused-ring (bicyclic) bond motifs is 1. The monoisotopic (exact) mass is 320 g/mol. The molecule has 7 nitrogen and oxygen atoms in total. The van der Waals surface area contributed by atoms with E-state index >= 15 is 0 Å². The van der Waals surface area contributed by atoms with Crippen LogP contribution in [0.1, 0.15) is 29.2 Å². The molecule has 4 rings (SSSR count). The number of hydrogen-bond donors (Lipinski definition) is 2. The summed E-state index contributed by atoms with van der Waals surface area (Å²) in [6, 6.07) is 7.72. The number of H-pyrrole nitrogens is 1. The summed E-state index contributed by atoms with van der Waals surface area (Å²) in [7, 11) is 1.87. The molecule has 0 unspecified atom stereocenters. The topological polar surface area (TPSA) is 99.4 Å². The van der Waals surface area contributed by atoms with Crippen LogP contribution in [0.2, 0.25) is 0 Å². The SMILES string of the molecule is Cc1cc2c(NC(=O)[C@@H]3C[C@H]3c3ccn(C)n3)n[nH]c2cc1C#N. The van der Waals surface area contributed by atoms with Crippen LogP contribution in [0.4, 0.5) is 5.82 Å². The van der Waals surface area contributed by atoms with E-state index in [0.29, 0.717) is 11.4 Å². The van der Waals surface area contributed by atoms with E-state index in [9.17, 15) is 4.79 Å². The fourth-order valence-electron chi connectivity index (χ4n) is 3.04. The van der Waals surface area contributed by atoms with Gasteiger partial charge in [-0.25, -0.2) is 0 Å². The molecule has 1 fully saturated rings. The van der Waals surface area contributed by atoms with Crippen molar-refractivity contribution in [1.82, 2.24) is 20.0 Å². The number of aromatic nitrogens is 4. The molecule has 0 radical (unpaired) electrons. The van der Waals surface area contributed by atoms with Gasteiger partial charge in [0, 0.05) is 30.5 Å².